The van der Waals surface area contributed by atoms with Crippen LogP contribution in [0, 0.1) is 11.8 Å². The molecule has 0 N–H and O–H groups in total. The topological polar surface area (TPSA) is 40.2 Å². The van der Waals surface area contributed by atoms with Crippen molar-refractivity contribution in [2.75, 3.05) is 13.1 Å². The van der Waals surface area contributed by atoms with Crippen LogP contribution in [-0.4, -0.2) is 46.8 Å². The van der Waals surface area contributed by atoms with E-state index in [2.05, 4.69) is 13.8 Å². The van der Waals surface area contributed by atoms with E-state index in [1.54, 1.807) is 0 Å². The minimum Gasteiger partial charge on any atom is -0.336 e. The molecule has 100 valence electrons. The smallest absolute Gasteiger partial charge is 0.226 e. The monoisotopic (exact) mass is 250 g/mol. The highest BCUT2D eigenvalue weighted by Crippen LogP contribution is 2.35. The third-order valence-corrected chi connectivity index (χ3v) is 4.66. The molecule has 4 nitrogen and oxygen atoms in total. The van der Waals surface area contributed by atoms with Gasteiger partial charge >= 0.3 is 0 Å². The van der Waals surface area contributed by atoms with Crippen molar-refractivity contribution >= 4 is 11.8 Å². The zero-order valence-electron chi connectivity index (χ0n) is 11.3. The average Bonchev–Trinajstić information content (AvgIpc) is 3.27. The van der Waals surface area contributed by atoms with Crippen molar-refractivity contribution in [3.05, 3.63) is 0 Å². The first kappa shape index (κ1) is 12.0. The SMILES string of the molecule is CC1CN1C(=O)C1CCCC(C(=O)N2CC2C)C1. The first-order chi connectivity index (χ1) is 8.58. The lowest BCUT2D eigenvalue weighted by atomic mass is 9.80. The molecule has 0 aromatic carbocycles. The molecular formula is C14H22N2O2. The molecule has 3 rings (SSSR count). The van der Waals surface area contributed by atoms with E-state index in [0.29, 0.717) is 23.9 Å². The summed E-state index contributed by atoms with van der Waals surface area (Å²) in [6, 6.07) is 0.863. The van der Waals surface area contributed by atoms with Gasteiger partial charge in [0.2, 0.25) is 11.8 Å². The van der Waals surface area contributed by atoms with E-state index in [4.69, 9.17) is 0 Å². The Balaban J connectivity index is 1.58. The second kappa shape index (κ2) is 4.25. The number of hydrogen-bond donors (Lipinski definition) is 0. The quantitative estimate of drug-likeness (QED) is 0.692. The van der Waals surface area contributed by atoms with Gasteiger partial charge in [-0.3, -0.25) is 9.59 Å². The van der Waals surface area contributed by atoms with Crippen LogP contribution < -0.4 is 0 Å². The molecule has 2 heterocycles. The molecule has 0 radical (unpaired) electrons. The Morgan fingerprint density at radius 2 is 1.28 bits per heavy atom. The molecule has 0 spiro atoms. The van der Waals surface area contributed by atoms with Gasteiger partial charge in [0.15, 0.2) is 0 Å². The van der Waals surface area contributed by atoms with Crippen molar-refractivity contribution in [2.24, 2.45) is 11.8 Å². The summed E-state index contributed by atoms with van der Waals surface area (Å²) >= 11 is 0. The minimum atomic E-state index is 0.105. The Morgan fingerprint density at radius 3 is 1.61 bits per heavy atom. The van der Waals surface area contributed by atoms with Crippen LogP contribution >= 0.6 is 0 Å². The van der Waals surface area contributed by atoms with E-state index in [9.17, 15) is 9.59 Å². The van der Waals surface area contributed by atoms with Gasteiger partial charge in [0.05, 0.1) is 0 Å². The van der Waals surface area contributed by atoms with Gasteiger partial charge in [0.25, 0.3) is 0 Å². The minimum absolute atomic E-state index is 0.105. The first-order valence-electron chi connectivity index (χ1n) is 7.19. The van der Waals surface area contributed by atoms with Crippen LogP contribution in [0.2, 0.25) is 0 Å². The molecule has 3 aliphatic rings. The van der Waals surface area contributed by atoms with Crippen molar-refractivity contribution in [3.63, 3.8) is 0 Å². The first-order valence-corrected chi connectivity index (χ1v) is 7.19. The summed E-state index contributed by atoms with van der Waals surface area (Å²) in [5.41, 5.74) is 0. The Kier molecular flexibility index (Phi) is 2.83. The number of carbonyl (C=O) groups excluding carboxylic acids is 2. The van der Waals surface area contributed by atoms with Crippen LogP contribution in [0.25, 0.3) is 0 Å². The molecule has 0 aromatic heterocycles. The van der Waals surface area contributed by atoms with Crippen molar-refractivity contribution in [3.8, 4) is 0 Å². The Morgan fingerprint density at radius 1 is 0.889 bits per heavy atom. The van der Waals surface area contributed by atoms with E-state index in [-0.39, 0.29) is 11.8 Å². The van der Waals surface area contributed by atoms with Crippen molar-refractivity contribution < 1.29 is 9.59 Å². The van der Waals surface area contributed by atoms with Gasteiger partial charge in [0, 0.05) is 37.0 Å². The van der Waals surface area contributed by atoms with E-state index in [1.165, 1.54) is 0 Å². The molecule has 18 heavy (non-hydrogen) atoms. The number of amides is 2. The maximum Gasteiger partial charge on any atom is 0.226 e. The second-order valence-electron chi connectivity index (χ2n) is 6.24. The van der Waals surface area contributed by atoms with Crippen molar-refractivity contribution in [1.29, 1.82) is 0 Å². The number of rotatable bonds is 2. The molecule has 2 aliphatic heterocycles. The summed E-state index contributed by atoms with van der Waals surface area (Å²) in [4.78, 5) is 28.3. The van der Waals surface area contributed by atoms with Crippen molar-refractivity contribution in [2.45, 2.75) is 51.6 Å². The second-order valence-corrected chi connectivity index (χ2v) is 6.24. The van der Waals surface area contributed by atoms with Gasteiger partial charge in [-0.2, -0.15) is 0 Å². The Hall–Kier alpha value is -1.06. The molecule has 1 aliphatic carbocycles. The molecule has 3 fully saturated rings. The lowest BCUT2D eigenvalue weighted by Gasteiger charge is -2.28. The lowest BCUT2D eigenvalue weighted by Crippen LogP contribution is -2.33. The fourth-order valence-electron chi connectivity index (χ4n) is 3.20. The largest absolute Gasteiger partial charge is 0.336 e. The van der Waals surface area contributed by atoms with Gasteiger partial charge in [-0.05, 0) is 33.1 Å². The molecule has 0 aromatic rings. The fraction of sp³-hybridized carbons (Fsp3) is 0.857. The van der Waals surface area contributed by atoms with Gasteiger partial charge in [0.1, 0.15) is 0 Å². The molecule has 4 unspecified atom stereocenters. The summed E-state index contributed by atoms with van der Waals surface area (Å²) in [7, 11) is 0. The zero-order valence-corrected chi connectivity index (χ0v) is 11.3. The molecule has 2 saturated heterocycles. The van der Waals surface area contributed by atoms with Gasteiger partial charge < -0.3 is 9.80 Å². The zero-order chi connectivity index (χ0) is 12.9. The standard InChI is InChI=1S/C14H22N2O2/c1-9-7-15(9)13(17)11-4-3-5-12(6-11)14(18)16-8-10(16)2/h9-12H,3-8H2,1-2H3. The highest BCUT2D eigenvalue weighted by molar-refractivity contribution is 5.85. The Bertz CT molecular complexity index is 348. The predicted octanol–water partition coefficient (Wildman–Crippen LogP) is 1.25. The van der Waals surface area contributed by atoms with E-state index < -0.39 is 0 Å². The molecule has 2 amide bonds. The third kappa shape index (κ3) is 2.13. The van der Waals surface area contributed by atoms with Crippen LogP contribution in [-0.2, 0) is 9.59 Å². The van der Waals surface area contributed by atoms with Gasteiger partial charge in [-0.25, -0.2) is 0 Å². The fourth-order valence-corrected chi connectivity index (χ4v) is 3.20. The Labute approximate surface area is 108 Å². The van der Waals surface area contributed by atoms with Gasteiger partial charge in [-0.15, -0.1) is 0 Å². The molecule has 0 bridgehead atoms. The molecule has 4 heteroatoms. The maximum atomic E-state index is 12.2. The predicted molar refractivity (Wildman–Crippen MR) is 67.8 cm³/mol. The summed E-state index contributed by atoms with van der Waals surface area (Å²) in [5, 5.41) is 0. The van der Waals surface area contributed by atoms with Crippen LogP contribution in [0.3, 0.4) is 0 Å². The van der Waals surface area contributed by atoms with E-state index in [0.717, 1.165) is 38.8 Å². The van der Waals surface area contributed by atoms with E-state index in [1.807, 2.05) is 9.80 Å². The maximum absolute atomic E-state index is 12.2. The van der Waals surface area contributed by atoms with Crippen LogP contribution in [0.15, 0.2) is 0 Å². The molecule has 1 saturated carbocycles. The van der Waals surface area contributed by atoms with Crippen LogP contribution in [0.1, 0.15) is 39.5 Å². The number of hydrogen-bond acceptors (Lipinski definition) is 2. The lowest BCUT2D eigenvalue weighted by molar-refractivity contribution is -0.135. The summed E-state index contributed by atoms with van der Waals surface area (Å²) < 4.78 is 0. The highest BCUT2D eigenvalue weighted by Gasteiger charge is 2.43. The summed E-state index contributed by atoms with van der Waals surface area (Å²) in [6.07, 6.45) is 3.75. The number of nitrogens with zero attached hydrogens (tertiary/aromatic N) is 2. The van der Waals surface area contributed by atoms with Crippen LogP contribution in [0.5, 0.6) is 0 Å². The summed E-state index contributed by atoms with van der Waals surface area (Å²) in [5.74, 6) is 0.790. The van der Waals surface area contributed by atoms with E-state index >= 15 is 0 Å². The summed E-state index contributed by atoms with van der Waals surface area (Å²) in [6.45, 7) is 6.00. The molecule has 4 atom stereocenters. The van der Waals surface area contributed by atoms with Crippen molar-refractivity contribution in [1.82, 2.24) is 9.80 Å². The average molecular weight is 250 g/mol. The highest BCUT2D eigenvalue weighted by atomic mass is 16.2. The normalized spacial score (nSPS) is 38.6. The third-order valence-electron chi connectivity index (χ3n) is 4.66. The van der Waals surface area contributed by atoms with Gasteiger partial charge in [-0.1, -0.05) is 6.42 Å². The molecular weight excluding hydrogens is 228 g/mol. The van der Waals surface area contributed by atoms with Crippen LogP contribution in [0.4, 0.5) is 0 Å². The number of carbonyl (C=O) groups is 2.